The van der Waals surface area contributed by atoms with Crippen molar-refractivity contribution in [2.75, 3.05) is 6.61 Å². The average Bonchev–Trinajstić information content (AvgIpc) is 2.51. The molecule has 0 rings (SSSR count). The van der Waals surface area contributed by atoms with Crippen LogP contribution in [0.3, 0.4) is 0 Å². The van der Waals surface area contributed by atoms with Crippen LogP contribution in [0.15, 0.2) is 0 Å². The summed E-state index contributed by atoms with van der Waals surface area (Å²) < 4.78 is 0. The lowest BCUT2D eigenvalue weighted by Crippen LogP contribution is -2.18. The lowest BCUT2D eigenvalue weighted by Gasteiger charge is -2.05. The van der Waals surface area contributed by atoms with Crippen molar-refractivity contribution in [2.24, 2.45) is 0 Å². The number of aliphatic hydroxyl groups excluding tert-OH is 2. The second-order valence-electron chi connectivity index (χ2n) is 6.38. The number of carbonyl (C=O) groups is 1. The Labute approximate surface area is 137 Å². The van der Waals surface area contributed by atoms with Gasteiger partial charge in [-0.3, -0.25) is 4.79 Å². The van der Waals surface area contributed by atoms with Crippen LogP contribution in [0.4, 0.5) is 0 Å². The molecule has 1 radical (unpaired) electrons. The molecule has 0 bridgehead atoms. The minimum absolute atomic E-state index is 0.0513. The van der Waals surface area contributed by atoms with E-state index in [0.717, 1.165) is 12.8 Å². The van der Waals surface area contributed by atoms with E-state index in [2.05, 4.69) is 6.92 Å². The zero-order chi connectivity index (χ0) is 16.5. The first kappa shape index (κ1) is 21.6. The van der Waals surface area contributed by atoms with Crippen molar-refractivity contribution >= 4 is 5.78 Å². The van der Waals surface area contributed by atoms with E-state index in [4.69, 9.17) is 10.2 Å². The van der Waals surface area contributed by atoms with E-state index in [1.165, 1.54) is 77.0 Å². The number of Topliss-reactive ketones (excluding diaryl/α,β-unsaturated/α-hetero) is 1. The van der Waals surface area contributed by atoms with Crippen molar-refractivity contribution in [1.82, 2.24) is 0 Å². The van der Waals surface area contributed by atoms with Crippen molar-refractivity contribution in [3.8, 4) is 0 Å². The number of hydrogen-bond donors (Lipinski definition) is 2. The molecule has 22 heavy (non-hydrogen) atoms. The number of carbonyl (C=O) groups excluding carboxylic acids is 1. The summed E-state index contributed by atoms with van der Waals surface area (Å²) in [6, 6.07) is 0. The van der Waals surface area contributed by atoms with E-state index in [0.29, 0.717) is 6.42 Å². The lowest BCUT2D eigenvalue weighted by molar-refractivity contribution is -0.117. The van der Waals surface area contributed by atoms with Crippen LogP contribution in [-0.2, 0) is 4.79 Å². The fourth-order valence-electron chi connectivity index (χ4n) is 2.67. The molecular weight excluding hydrogens is 276 g/mol. The maximum Gasteiger partial charge on any atom is 0.139 e. The van der Waals surface area contributed by atoms with Gasteiger partial charge in [-0.1, -0.05) is 84.0 Å². The monoisotopic (exact) mass is 313 g/mol. The Morgan fingerprint density at radius 2 is 1.23 bits per heavy atom. The topological polar surface area (TPSA) is 57.5 Å². The molecule has 0 saturated heterocycles. The fraction of sp³-hybridized carbons (Fsp3) is 0.895. The van der Waals surface area contributed by atoms with Crippen molar-refractivity contribution in [1.29, 1.82) is 0 Å². The molecule has 0 heterocycles. The molecule has 3 nitrogen and oxygen atoms in total. The van der Waals surface area contributed by atoms with Gasteiger partial charge in [0.1, 0.15) is 5.78 Å². The molecule has 0 aliphatic rings. The molecule has 2 N–H and O–H groups in total. The number of aliphatic hydroxyl groups is 2. The van der Waals surface area contributed by atoms with Crippen molar-refractivity contribution in [3.63, 3.8) is 0 Å². The van der Waals surface area contributed by atoms with Gasteiger partial charge in [-0.25, -0.2) is 0 Å². The van der Waals surface area contributed by atoms with Gasteiger partial charge in [-0.05, 0) is 6.42 Å². The van der Waals surface area contributed by atoms with Gasteiger partial charge in [0.25, 0.3) is 0 Å². The highest BCUT2D eigenvalue weighted by molar-refractivity contribution is 5.87. The van der Waals surface area contributed by atoms with Gasteiger partial charge in [-0.15, -0.1) is 0 Å². The zero-order valence-electron chi connectivity index (χ0n) is 14.6. The Morgan fingerprint density at radius 1 is 0.818 bits per heavy atom. The Hall–Kier alpha value is -0.410. The first-order valence-electron chi connectivity index (χ1n) is 9.37. The summed E-state index contributed by atoms with van der Waals surface area (Å²) in [5.74, 6) is -0.0513. The van der Waals surface area contributed by atoms with Crippen LogP contribution in [0, 0.1) is 6.42 Å². The summed E-state index contributed by atoms with van der Waals surface area (Å²) in [6.45, 7) is 1.89. The SMILES string of the molecule is CCCCCCCCCCCCCCCC(=O)[CH]C(O)CO. The Morgan fingerprint density at radius 3 is 1.64 bits per heavy atom. The molecule has 0 spiro atoms. The average molecular weight is 314 g/mol. The smallest absolute Gasteiger partial charge is 0.139 e. The molecule has 0 aliphatic heterocycles. The van der Waals surface area contributed by atoms with E-state index in [1.807, 2.05) is 0 Å². The predicted octanol–water partition coefficient (Wildman–Crippen LogP) is 4.59. The van der Waals surface area contributed by atoms with E-state index >= 15 is 0 Å². The van der Waals surface area contributed by atoms with Crippen LogP contribution >= 0.6 is 0 Å². The van der Waals surface area contributed by atoms with Gasteiger partial charge in [0.05, 0.1) is 19.1 Å². The number of unbranched alkanes of at least 4 members (excludes halogenated alkanes) is 12. The third kappa shape index (κ3) is 16.0. The van der Waals surface area contributed by atoms with Gasteiger partial charge in [0.15, 0.2) is 0 Å². The highest BCUT2D eigenvalue weighted by atomic mass is 16.3. The van der Waals surface area contributed by atoms with E-state index in [9.17, 15) is 4.79 Å². The fourth-order valence-corrected chi connectivity index (χ4v) is 2.67. The van der Waals surface area contributed by atoms with E-state index < -0.39 is 6.10 Å². The third-order valence-corrected chi connectivity index (χ3v) is 4.09. The standard InChI is InChI=1S/C19H37O3/c1-2-3-4-5-6-7-8-9-10-11-12-13-14-15-18(21)16-19(22)17-20/h16,19-20,22H,2-15,17H2,1H3. The first-order chi connectivity index (χ1) is 10.7. The van der Waals surface area contributed by atoms with Crippen molar-refractivity contribution in [3.05, 3.63) is 6.42 Å². The predicted molar refractivity (Wildman–Crippen MR) is 92.7 cm³/mol. The molecule has 3 heteroatoms. The second-order valence-corrected chi connectivity index (χ2v) is 6.38. The highest BCUT2D eigenvalue weighted by Crippen LogP contribution is 2.13. The molecular formula is C19H37O3. The van der Waals surface area contributed by atoms with Gasteiger partial charge < -0.3 is 10.2 Å². The zero-order valence-corrected chi connectivity index (χ0v) is 14.6. The normalized spacial score (nSPS) is 12.5. The number of ketones is 1. The summed E-state index contributed by atoms with van der Waals surface area (Å²) in [4.78, 5) is 11.4. The third-order valence-electron chi connectivity index (χ3n) is 4.09. The maximum atomic E-state index is 11.4. The molecule has 0 aromatic rings. The molecule has 0 fully saturated rings. The second kappa shape index (κ2) is 17.0. The summed E-state index contributed by atoms with van der Waals surface area (Å²) in [6.07, 6.45) is 17.5. The quantitative estimate of drug-likeness (QED) is 0.386. The Balaban J connectivity index is 3.12. The van der Waals surface area contributed by atoms with Crippen LogP contribution in [0.1, 0.15) is 96.8 Å². The minimum Gasteiger partial charge on any atom is -0.394 e. The minimum atomic E-state index is -0.991. The van der Waals surface area contributed by atoms with Crippen LogP contribution < -0.4 is 0 Å². The van der Waals surface area contributed by atoms with Crippen molar-refractivity contribution in [2.45, 2.75) is 103 Å². The van der Waals surface area contributed by atoms with Crippen molar-refractivity contribution < 1.29 is 15.0 Å². The van der Waals surface area contributed by atoms with Crippen LogP contribution in [0.5, 0.6) is 0 Å². The molecule has 1 atom stereocenters. The number of hydrogen-bond acceptors (Lipinski definition) is 3. The van der Waals surface area contributed by atoms with Gasteiger partial charge in [-0.2, -0.15) is 0 Å². The molecule has 0 aromatic heterocycles. The first-order valence-corrected chi connectivity index (χ1v) is 9.37. The van der Waals surface area contributed by atoms with Crippen LogP contribution in [0.2, 0.25) is 0 Å². The van der Waals surface area contributed by atoms with Gasteiger partial charge >= 0.3 is 0 Å². The molecule has 0 amide bonds. The van der Waals surface area contributed by atoms with Gasteiger partial charge in [0, 0.05) is 6.42 Å². The summed E-state index contributed by atoms with van der Waals surface area (Å²) in [5.41, 5.74) is 0. The number of rotatable bonds is 17. The largest absolute Gasteiger partial charge is 0.394 e. The molecule has 131 valence electrons. The summed E-state index contributed by atoms with van der Waals surface area (Å²) in [7, 11) is 0. The maximum absolute atomic E-state index is 11.4. The highest BCUT2D eigenvalue weighted by Gasteiger charge is 2.09. The summed E-state index contributed by atoms with van der Waals surface area (Å²) in [5, 5.41) is 17.7. The molecule has 1 unspecified atom stereocenters. The lowest BCUT2D eigenvalue weighted by atomic mass is 10.0. The van der Waals surface area contributed by atoms with E-state index in [1.54, 1.807) is 0 Å². The molecule has 0 saturated carbocycles. The summed E-state index contributed by atoms with van der Waals surface area (Å²) >= 11 is 0. The Kier molecular flexibility index (Phi) is 16.6. The molecule has 0 aliphatic carbocycles. The van der Waals surface area contributed by atoms with Crippen LogP contribution in [0.25, 0.3) is 0 Å². The van der Waals surface area contributed by atoms with Gasteiger partial charge in [0.2, 0.25) is 0 Å². The van der Waals surface area contributed by atoms with Crippen LogP contribution in [-0.4, -0.2) is 28.7 Å². The Bertz CT molecular complexity index is 241. The van der Waals surface area contributed by atoms with E-state index in [-0.39, 0.29) is 12.4 Å². The molecule has 0 aromatic carbocycles.